The first kappa shape index (κ1) is 16.8. The SMILES string of the molecule is CCc1nnc(NC(=O)c2cccc(NC(=O)c3ccccc3)c2)s1. The Morgan fingerprint density at radius 3 is 2.36 bits per heavy atom. The number of hydrogen-bond donors (Lipinski definition) is 2. The summed E-state index contributed by atoms with van der Waals surface area (Å²) in [6, 6.07) is 15.6. The van der Waals surface area contributed by atoms with Crippen molar-refractivity contribution in [3.8, 4) is 0 Å². The number of anilines is 2. The fraction of sp³-hybridized carbons (Fsp3) is 0.111. The first-order valence-corrected chi connectivity index (χ1v) is 8.57. The Bertz CT molecular complexity index is 893. The minimum Gasteiger partial charge on any atom is -0.322 e. The van der Waals surface area contributed by atoms with Gasteiger partial charge in [0.15, 0.2) is 0 Å². The first-order valence-electron chi connectivity index (χ1n) is 7.76. The third kappa shape index (κ3) is 4.27. The summed E-state index contributed by atoms with van der Waals surface area (Å²) in [6.07, 6.45) is 0.772. The molecule has 2 aromatic carbocycles. The second-order valence-corrected chi connectivity index (χ2v) is 6.27. The van der Waals surface area contributed by atoms with Crippen LogP contribution in [0.1, 0.15) is 32.6 Å². The summed E-state index contributed by atoms with van der Waals surface area (Å²) in [5.74, 6) is -0.524. The van der Waals surface area contributed by atoms with Gasteiger partial charge >= 0.3 is 0 Å². The number of amides is 2. The number of benzene rings is 2. The van der Waals surface area contributed by atoms with Crippen LogP contribution in [0.2, 0.25) is 0 Å². The van der Waals surface area contributed by atoms with E-state index in [4.69, 9.17) is 0 Å². The third-order valence-corrected chi connectivity index (χ3v) is 4.39. The lowest BCUT2D eigenvalue weighted by molar-refractivity contribution is 0.101. The van der Waals surface area contributed by atoms with Crippen molar-refractivity contribution in [1.82, 2.24) is 10.2 Å². The number of aryl methyl sites for hydroxylation is 1. The highest BCUT2D eigenvalue weighted by Gasteiger charge is 2.11. The van der Waals surface area contributed by atoms with Crippen LogP contribution in [0.15, 0.2) is 54.6 Å². The summed E-state index contributed by atoms with van der Waals surface area (Å²) in [7, 11) is 0. The summed E-state index contributed by atoms with van der Waals surface area (Å²) >= 11 is 1.34. The van der Waals surface area contributed by atoms with Gasteiger partial charge in [-0.05, 0) is 36.8 Å². The molecule has 0 aliphatic carbocycles. The summed E-state index contributed by atoms with van der Waals surface area (Å²) in [5.41, 5.74) is 1.53. The number of nitrogens with one attached hydrogen (secondary N) is 2. The molecule has 0 atom stereocenters. The molecule has 0 saturated carbocycles. The minimum absolute atomic E-state index is 0.227. The lowest BCUT2D eigenvalue weighted by atomic mass is 10.1. The smallest absolute Gasteiger partial charge is 0.257 e. The molecule has 2 N–H and O–H groups in total. The van der Waals surface area contributed by atoms with Crippen LogP contribution in [0.5, 0.6) is 0 Å². The molecule has 6 nitrogen and oxygen atoms in total. The molecule has 0 fully saturated rings. The maximum atomic E-state index is 12.3. The largest absolute Gasteiger partial charge is 0.322 e. The van der Waals surface area contributed by atoms with Crippen LogP contribution in [0.3, 0.4) is 0 Å². The molecular weight excluding hydrogens is 336 g/mol. The van der Waals surface area contributed by atoms with E-state index >= 15 is 0 Å². The Balaban J connectivity index is 1.70. The van der Waals surface area contributed by atoms with Gasteiger partial charge in [0, 0.05) is 16.8 Å². The van der Waals surface area contributed by atoms with Gasteiger partial charge < -0.3 is 5.32 Å². The van der Waals surface area contributed by atoms with E-state index in [9.17, 15) is 9.59 Å². The number of nitrogens with zero attached hydrogens (tertiary/aromatic N) is 2. The van der Waals surface area contributed by atoms with Crippen LogP contribution in [-0.4, -0.2) is 22.0 Å². The van der Waals surface area contributed by atoms with E-state index < -0.39 is 0 Å². The molecule has 3 rings (SSSR count). The number of rotatable bonds is 5. The highest BCUT2D eigenvalue weighted by molar-refractivity contribution is 7.15. The molecule has 126 valence electrons. The zero-order chi connectivity index (χ0) is 17.6. The van der Waals surface area contributed by atoms with E-state index in [0.29, 0.717) is 21.9 Å². The standard InChI is InChI=1S/C18H16N4O2S/c1-2-15-21-22-18(25-15)20-17(24)13-9-6-10-14(11-13)19-16(23)12-7-4-3-5-8-12/h3-11H,2H2,1H3,(H,19,23)(H,20,22,24). The van der Waals surface area contributed by atoms with Crippen LogP contribution in [0.25, 0.3) is 0 Å². The molecule has 0 radical (unpaired) electrons. The number of hydrogen-bond acceptors (Lipinski definition) is 5. The van der Waals surface area contributed by atoms with Gasteiger partial charge in [0.2, 0.25) is 5.13 Å². The van der Waals surface area contributed by atoms with E-state index in [2.05, 4.69) is 20.8 Å². The average molecular weight is 352 g/mol. The molecule has 0 spiro atoms. The van der Waals surface area contributed by atoms with Crippen LogP contribution < -0.4 is 10.6 Å². The molecule has 0 saturated heterocycles. The number of aromatic nitrogens is 2. The maximum Gasteiger partial charge on any atom is 0.257 e. The highest BCUT2D eigenvalue weighted by Crippen LogP contribution is 2.18. The molecule has 1 aromatic heterocycles. The van der Waals surface area contributed by atoms with E-state index in [1.807, 2.05) is 13.0 Å². The van der Waals surface area contributed by atoms with Gasteiger partial charge in [-0.2, -0.15) is 0 Å². The molecule has 3 aromatic rings. The summed E-state index contributed by atoms with van der Waals surface area (Å²) in [4.78, 5) is 24.5. The van der Waals surface area contributed by atoms with Crippen molar-refractivity contribution in [3.63, 3.8) is 0 Å². The van der Waals surface area contributed by atoms with Crippen molar-refractivity contribution in [2.45, 2.75) is 13.3 Å². The van der Waals surface area contributed by atoms with Crippen molar-refractivity contribution in [3.05, 3.63) is 70.7 Å². The molecule has 25 heavy (non-hydrogen) atoms. The van der Waals surface area contributed by atoms with Crippen molar-refractivity contribution in [2.24, 2.45) is 0 Å². The van der Waals surface area contributed by atoms with Crippen LogP contribution in [0, 0.1) is 0 Å². The lowest BCUT2D eigenvalue weighted by Crippen LogP contribution is -2.14. The van der Waals surface area contributed by atoms with Crippen molar-refractivity contribution in [1.29, 1.82) is 0 Å². The summed E-state index contributed by atoms with van der Waals surface area (Å²) in [5, 5.41) is 14.7. The molecule has 0 bridgehead atoms. The minimum atomic E-state index is -0.297. The Morgan fingerprint density at radius 2 is 1.64 bits per heavy atom. The zero-order valence-corrected chi connectivity index (χ0v) is 14.3. The van der Waals surface area contributed by atoms with E-state index in [1.54, 1.807) is 48.5 Å². The van der Waals surface area contributed by atoms with E-state index in [1.165, 1.54) is 11.3 Å². The average Bonchev–Trinajstić information content (AvgIpc) is 3.10. The van der Waals surface area contributed by atoms with Crippen molar-refractivity contribution >= 4 is 34.0 Å². The van der Waals surface area contributed by atoms with Gasteiger partial charge in [-0.1, -0.05) is 42.5 Å². The normalized spacial score (nSPS) is 10.3. The predicted octanol–water partition coefficient (Wildman–Crippen LogP) is 3.61. The quantitative estimate of drug-likeness (QED) is 0.735. The summed E-state index contributed by atoms with van der Waals surface area (Å²) in [6.45, 7) is 1.98. The third-order valence-electron chi connectivity index (χ3n) is 3.41. The molecule has 2 amide bonds. The van der Waals surface area contributed by atoms with Crippen LogP contribution >= 0.6 is 11.3 Å². The number of carbonyl (C=O) groups is 2. The first-order chi connectivity index (χ1) is 12.2. The van der Waals surface area contributed by atoms with Gasteiger partial charge in [0.1, 0.15) is 5.01 Å². The Labute approximate surface area is 148 Å². The van der Waals surface area contributed by atoms with Gasteiger partial charge in [-0.15, -0.1) is 10.2 Å². The van der Waals surface area contributed by atoms with E-state index in [-0.39, 0.29) is 11.8 Å². The molecular formula is C18H16N4O2S. The zero-order valence-electron chi connectivity index (χ0n) is 13.5. The highest BCUT2D eigenvalue weighted by atomic mass is 32.1. The Hall–Kier alpha value is -3.06. The van der Waals surface area contributed by atoms with Crippen molar-refractivity contribution < 1.29 is 9.59 Å². The summed E-state index contributed by atoms with van der Waals surface area (Å²) < 4.78 is 0. The molecule has 7 heteroatoms. The van der Waals surface area contributed by atoms with E-state index in [0.717, 1.165) is 11.4 Å². The second-order valence-electron chi connectivity index (χ2n) is 5.21. The molecule has 0 aliphatic heterocycles. The molecule has 1 heterocycles. The monoisotopic (exact) mass is 352 g/mol. The fourth-order valence-electron chi connectivity index (χ4n) is 2.15. The second kappa shape index (κ2) is 7.67. The van der Waals surface area contributed by atoms with Gasteiger partial charge in [0.05, 0.1) is 0 Å². The predicted molar refractivity (Wildman–Crippen MR) is 98.1 cm³/mol. The Kier molecular flexibility index (Phi) is 5.15. The van der Waals surface area contributed by atoms with Gasteiger partial charge in [-0.3, -0.25) is 14.9 Å². The Morgan fingerprint density at radius 1 is 0.920 bits per heavy atom. The van der Waals surface area contributed by atoms with Crippen molar-refractivity contribution in [2.75, 3.05) is 10.6 Å². The van der Waals surface area contributed by atoms with Crippen LogP contribution in [0.4, 0.5) is 10.8 Å². The number of carbonyl (C=O) groups excluding carboxylic acids is 2. The van der Waals surface area contributed by atoms with Crippen LogP contribution in [-0.2, 0) is 6.42 Å². The topological polar surface area (TPSA) is 84.0 Å². The lowest BCUT2D eigenvalue weighted by Gasteiger charge is -2.07. The molecule has 0 aliphatic rings. The maximum absolute atomic E-state index is 12.3. The molecule has 0 unspecified atom stereocenters. The fourth-order valence-corrected chi connectivity index (χ4v) is 2.82. The van der Waals surface area contributed by atoms with Gasteiger partial charge in [0.25, 0.3) is 11.8 Å². The van der Waals surface area contributed by atoms with Gasteiger partial charge in [-0.25, -0.2) is 0 Å².